The van der Waals surface area contributed by atoms with E-state index in [9.17, 15) is 9.90 Å². The van der Waals surface area contributed by atoms with Crippen molar-refractivity contribution in [1.29, 1.82) is 0 Å². The number of amides is 1. The number of aliphatic imine (C=N–C) groups is 1. The van der Waals surface area contributed by atoms with Crippen LogP contribution in [0.1, 0.15) is 0 Å². The third-order valence-electron chi connectivity index (χ3n) is 1.64. The van der Waals surface area contributed by atoms with E-state index in [2.05, 4.69) is 10.3 Å². The molecule has 4 heteroatoms. The minimum absolute atomic E-state index is 0.0567. The number of carbonyl (C=O) groups excluding carboxylic acids is 1. The lowest BCUT2D eigenvalue weighted by Crippen LogP contribution is -2.37. The highest BCUT2D eigenvalue weighted by Gasteiger charge is 2.26. The fourth-order valence-corrected chi connectivity index (χ4v) is 1.12. The van der Waals surface area contributed by atoms with Crippen molar-refractivity contribution in [3.05, 3.63) is 24.1 Å². The Hall–Kier alpha value is -1.58. The summed E-state index contributed by atoms with van der Waals surface area (Å²) in [6.07, 6.45) is 4.45. The Morgan fingerprint density at radius 3 is 3.27 bits per heavy atom. The molecule has 2 aliphatic rings. The Bertz CT molecular complexity index is 302. The summed E-state index contributed by atoms with van der Waals surface area (Å²) in [6.45, 7) is 0. The first-order valence-electron chi connectivity index (χ1n) is 3.23. The summed E-state index contributed by atoms with van der Waals surface area (Å²) in [5.41, 5.74) is 0. The quantitative estimate of drug-likeness (QED) is 0.514. The largest absolute Gasteiger partial charge is 0.511 e. The molecular formula is C7H6N2O2. The highest BCUT2D eigenvalue weighted by molar-refractivity contribution is 6.09. The third-order valence-corrected chi connectivity index (χ3v) is 1.64. The van der Waals surface area contributed by atoms with Gasteiger partial charge in [-0.2, -0.15) is 0 Å². The number of hydrogen-bond donors (Lipinski definition) is 2. The standard InChI is InChI=1S/C7H6N2O2/c10-5-3-6(11)9-7-4(5)1-2-8-7/h1-4,10H,(H,8,9,11). The fraction of sp³-hybridized carbons (Fsp3) is 0.143. The van der Waals surface area contributed by atoms with Crippen LogP contribution in [-0.2, 0) is 4.79 Å². The van der Waals surface area contributed by atoms with Gasteiger partial charge in [0.25, 0.3) is 5.91 Å². The number of hydrogen-bond acceptors (Lipinski definition) is 3. The molecule has 2 heterocycles. The third kappa shape index (κ3) is 0.832. The van der Waals surface area contributed by atoms with Crippen LogP contribution in [0.15, 0.2) is 29.1 Å². The predicted molar refractivity (Wildman–Crippen MR) is 38.9 cm³/mol. The van der Waals surface area contributed by atoms with E-state index in [1.165, 1.54) is 6.08 Å². The summed E-state index contributed by atoms with van der Waals surface area (Å²) in [5.74, 6) is 0.0187. The summed E-state index contributed by atoms with van der Waals surface area (Å²) in [6, 6.07) is 0. The zero-order valence-electron chi connectivity index (χ0n) is 5.61. The van der Waals surface area contributed by atoms with Gasteiger partial charge in [-0.25, -0.2) is 4.99 Å². The molecule has 4 nitrogen and oxygen atoms in total. The zero-order valence-corrected chi connectivity index (χ0v) is 5.61. The molecule has 0 bridgehead atoms. The summed E-state index contributed by atoms with van der Waals surface area (Å²) in [5, 5.41) is 11.7. The predicted octanol–water partition coefficient (Wildman–Crippen LogP) is 0.100. The lowest BCUT2D eigenvalue weighted by atomic mass is 10.0. The maximum Gasteiger partial charge on any atom is 0.252 e. The van der Waals surface area contributed by atoms with Gasteiger partial charge in [-0.1, -0.05) is 0 Å². The number of carbonyl (C=O) groups is 1. The van der Waals surface area contributed by atoms with Gasteiger partial charge in [-0.3, -0.25) is 4.79 Å². The van der Waals surface area contributed by atoms with E-state index < -0.39 is 0 Å². The van der Waals surface area contributed by atoms with Gasteiger partial charge in [0.2, 0.25) is 0 Å². The molecule has 1 amide bonds. The lowest BCUT2D eigenvalue weighted by molar-refractivity contribution is -0.115. The van der Waals surface area contributed by atoms with Gasteiger partial charge in [-0.05, 0) is 6.08 Å². The molecule has 0 saturated carbocycles. The van der Waals surface area contributed by atoms with Crippen LogP contribution in [-0.4, -0.2) is 16.8 Å². The van der Waals surface area contributed by atoms with Crippen LogP contribution < -0.4 is 5.32 Å². The molecule has 0 spiro atoms. The SMILES string of the molecule is O=C1C=C(O)C2C=CN=C2N1. The van der Waals surface area contributed by atoms with Crippen molar-refractivity contribution in [2.75, 3.05) is 0 Å². The van der Waals surface area contributed by atoms with Gasteiger partial charge in [0.05, 0.1) is 5.92 Å². The minimum Gasteiger partial charge on any atom is -0.511 e. The van der Waals surface area contributed by atoms with E-state index in [4.69, 9.17) is 0 Å². The Kier molecular flexibility index (Phi) is 1.09. The van der Waals surface area contributed by atoms with Gasteiger partial charge < -0.3 is 10.4 Å². The van der Waals surface area contributed by atoms with E-state index in [0.29, 0.717) is 5.84 Å². The van der Waals surface area contributed by atoms with Gasteiger partial charge in [-0.15, -0.1) is 0 Å². The first-order valence-corrected chi connectivity index (χ1v) is 3.23. The molecule has 11 heavy (non-hydrogen) atoms. The molecule has 56 valence electrons. The smallest absolute Gasteiger partial charge is 0.252 e. The molecule has 0 aromatic rings. The summed E-state index contributed by atoms with van der Waals surface area (Å²) in [4.78, 5) is 14.6. The molecule has 1 atom stereocenters. The minimum atomic E-state index is -0.318. The second-order valence-electron chi connectivity index (χ2n) is 2.39. The first-order chi connectivity index (χ1) is 5.27. The van der Waals surface area contributed by atoms with E-state index in [1.54, 1.807) is 12.3 Å². The molecular weight excluding hydrogens is 144 g/mol. The van der Waals surface area contributed by atoms with Gasteiger partial charge in [0.15, 0.2) is 0 Å². The molecule has 0 aliphatic carbocycles. The van der Waals surface area contributed by atoms with Crippen LogP contribution in [0.2, 0.25) is 0 Å². The van der Waals surface area contributed by atoms with Crippen molar-refractivity contribution < 1.29 is 9.90 Å². The van der Waals surface area contributed by atoms with E-state index >= 15 is 0 Å². The van der Waals surface area contributed by atoms with Crippen molar-refractivity contribution in [2.45, 2.75) is 0 Å². The monoisotopic (exact) mass is 150 g/mol. The molecule has 1 unspecified atom stereocenters. The molecule has 2 rings (SSSR count). The van der Waals surface area contributed by atoms with E-state index in [0.717, 1.165) is 0 Å². The number of fused-ring (bicyclic) bond motifs is 1. The second kappa shape index (κ2) is 1.95. The van der Waals surface area contributed by atoms with Crippen molar-refractivity contribution in [1.82, 2.24) is 5.32 Å². The van der Waals surface area contributed by atoms with Gasteiger partial charge >= 0.3 is 0 Å². The molecule has 0 saturated heterocycles. The highest BCUT2D eigenvalue weighted by Crippen LogP contribution is 2.18. The number of rotatable bonds is 0. The maximum absolute atomic E-state index is 10.8. The van der Waals surface area contributed by atoms with Gasteiger partial charge in [0.1, 0.15) is 11.6 Å². The topological polar surface area (TPSA) is 61.7 Å². The molecule has 0 aromatic heterocycles. The number of nitrogens with zero attached hydrogens (tertiary/aromatic N) is 1. The molecule has 2 N–H and O–H groups in total. The van der Waals surface area contributed by atoms with Crippen LogP contribution in [0.5, 0.6) is 0 Å². The molecule has 0 aromatic carbocycles. The van der Waals surface area contributed by atoms with Crippen molar-refractivity contribution in [2.24, 2.45) is 10.9 Å². The average molecular weight is 150 g/mol. The van der Waals surface area contributed by atoms with Gasteiger partial charge in [0, 0.05) is 12.3 Å². The summed E-state index contributed by atoms with van der Waals surface area (Å²) < 4.78 is 0. The van der Waals surface area contributed by atoms with Crippen LogP contribution >= 0.6 is 0 Å². The zero-order chi connectivity index (χ0) is 7.84. The van der Waals surface area contributed by atoms with Crippen molar-refractivity contribution in [3.63, 3.8) is 0 Å². The summed E-state index contributed by atoms with van der Waals surface area (Å²) in [7, 11) is 0. The van der Waals surface area contributed by atoms with Crippen LogP contribution in [0.3, 0.4) is 0 Å². The summed E-state index contributed by atoms with van der Waals surface area (Å²) >= 11 is 0. The van der Waals surface area contributed by atoms with Crippen LogP contribution in [0.4, 0.5) is 0 Å². The van der Waals surface area contributed by atoms with Crippen molar-refractivity contribution >= 4 is 11.7 Å². The number of nitrogens with one attached hydrogen (secondary N) is 1. The average Bonchev–Trinajstić information content (AvgIpc) is 2.34. The normalized spacial score (nSPS) is 27.3. The highest BCUT2D eigenvalue weighted by atomic mass is 16.3. The van der Waals surface area contributed by atoms with Crippen LogP contribution in [0.25, 0.3) is 0 Å². The Labute approximate surface area is 62.9 Å². The number of aliphatic hydroxyl groups excluding tert-OH is 1. The lowest BCUT2D eigenvalue weighted by Gasteiger charge is -2.15. The number of amidine groups is 1. The second-order valence-corrected chi connectivity index (χ2v) is 2.39. The number of aliphatic hydroxyl groups is 1. The fourth-order valence-electron chi connectivity index (χ4n) is 1.12. The first kappa shape index (κ1) is 6.15. The molecule has 0 radical (unpaired) electrons. The molecule has 0 fully saturated rings. The van der Waals surface area contributed by atoms with E-state index in [1.807, 2.05) is 0 Å². The maximum atomic E-state index is 10.8. The van der Waals surface area contributed by atoms with Crippen molar-refractivity contribution in [3.8, 4) is 0 Å². The Morgan fingerprint density at radius 2 is 2.45 bits per heavy atom. The van der Waals surface area contributed by atoms with E-state index in [-0.39, 0.29) is 17.6 Å². The Morgan fingerprint density at radius 1 is 1.64 bits per heavy atom. The Balaban J connectivity index is 2.41. The molecule has 2 aliphatic heterocycles. The van der Waals surface area contributed by atoms with Crippen LogP contribution in [0, 0.1) is 5.92 Å².